The molecule has 1 aromatic rings. The third-order valence-electron chi connectivity index (χ3n) is 2.25. The van der Waals surface area contributed by atoms with E-state index in [4.69, 9.17) is 4.74 Å². The Morgan fingerprint density at radius 2 is 2.11 bits per heavy atom. The molecule has 0 saturated carbocycles. The molecule has 1 N–H and O–H groups in total. The Kier molecular flexibility index (Phi) is 5.63. The fraction of sp³-hybridized carbons (Fsp3) is 0.286. The normalized spacial score (nSPS) is 9.84. The van der Waals surface area contributed by atoms with E-state index in [0.29, 0.717) is 17.2 Å². The summed E-state index contributed by atoms with van der Waals surface area (Å²) in [6.45, 7) is 9.22. The molecule has 1 amide bonds. The fourth-order valence-corrected chi connectivity index (χ4v) is 2.28. The van der Waals surface area contributed by atoms with Gasteiger partial charge in [-0.05, 0) is 31.5 Å². The molecule has 19 heavy (non-hydrogen) atoms. The molecule has 0 heterocycles. The Labute approximate surface area is 117 Å². The van der Waals surface area contributed by atoms with Gasteiger partial charge >= 0.3 is 5.97 Å². The van der Waals surface area contributed by atoms with Crippen molar-refractivity contribution in [3.63, 3.8) is 0 Å². The minimum atomic E-state index is -0.352. The highest BCUT2D eigenvalue weighted by Crippen LogP contribution is 2.28. The number of rotatable bonds is 5. The van der Waals surface area contributed by atoms with Crippen LogP contribution >= 0.6 is 11.8 Å². The quantitative estimate of drug-likeness (QED) is 0.665. The van der Waals surface area contributed by atoms with Gasteiger partial charge in [-0.1, -0.05) is 24.4 Å². The van der Waals surface area contributed by atoms with E-state index in [1.165, 1.54) is 18.7 Å². The highest BCUT2D eigenvalue weighted by molar-refractivity contribution is 8.03. The zero-order valence-corrected chi connectivity index (χ0v) is 12.1. The molecule has 0 aliphatic carbocycles. The molecule has 1 rings (SSSR count). The number of thioether (sulfide) groups is 1. The first kappa shape index (κ1) is 15.3. The van der Waals surface area contributed by atoms with Crippen LogP contribution in [0.4, 0.5) is 0 Å². The number of esters is 1. The smallest absolute Gasteiger partial charge is 0.338 e. The molecule has 5 heteroatoms. The summed E-state index contributed by atoms with van der Waals surface area (Å²) in [5.74, 6) is -0.522. The summed E-state index contributed by atoms with van der Waals surface area (Å²) in [7, 11) is 0. The standard InChI is InChI=1S/C14H17NO3S/c1-5-18-14(17)12-7-6-9(2)13(8-12)19-11(4)15-10(3)16/h6-8H,4-5H2,1-3H3,(H,15,16). The van der Waals surface area contributed by atoms with Gasteiger partial charge in [0, 0.05) is 11.8 Å². The second-order valence-electron chi connectivity index (χ2n) is 3.91. The number of carbonyl (C=O) groups excluding carboxylic acids is 2. The van der Waals surface area contributed by atoms with Gasteiger partial charge in [0.15, 0.2) is 0 Å². The van der Waals surface area contributed by atoms with Gasteiger partial charge in [-0.25, -0.2) is 4.79 Å². The van der Waals surface area contributed by atoms with E-state index >= 15 is 0 Å². The summed E-state index contributed by atoms with van der Waals surface area (Å²) in [4.78, 5) is 23.4. The van der Waals surface area contributed by atoms with Gasteiger partial charge in [0.1, 0.15) is 0 Å². The van der Waals surface area contributed by atoms with E-state index in [2.05, 4.69) is 11.9 Å². The maximum Gasteiger partial charge on any atom is 0.338 e. The maximum atomic E-state index is 11.6. The van der Waals surface area contributed by atoms with Crippen LogP contribution in [0.2, 0.25) is 0 Å². The van der Waals surface area contributed by atoms with Crippen molar-refractivity contribution in [1.29, 1.82) is 0 Å². The summed E-state index contributed by atoms with van der Waals surface area (Å²) in [5.41, 5.74) is 1.50. The molecule has 0 radical (unpaired) electrons. The Bertz CT molecular complexity index is 511. The average Bonchev–Trinajstić information content (AvgIpc) is 2.31. The summed E-state index contributed by atoms with van der Waals surface area (Å²) < 4.78 is 4.95. The van der Waals surface area contributed by atoms with Crippen LogP contribution in [-0.2, 0) is 9.53 Å². The molecule has 0 aliphatic rings. The van der Waals surface area contributed by atoms with Gasteiger partial charge in [0.2, 0.25) is 5.91 Å². The van der Waals surface area contributed by atoms with Gasteiger partial charge in [-0.3, -0.25) is 4.79 Å². The third kappa shape index (κ3) is 4.79. The van der Waals surface area contributed by atoms with E-state index < -0.39 is 0 Å². The van der Waals surface area contributed by atoms with Gasteiger partial charge < -0.3 is 10.1 Å². The average molecular weight is 279 g/mol. The van der Waals surface area contributed by atoms with Crippen LogP contribution in [0.5, 0.6) is 0 Å². The van der Waals surface area contributed by atoms with Crippen molar-refractivity contribution in [2.45, 2.75) is 25.7 Å². The minimum absolute atomic E-state index is 0.170. The van der Waals surface area contributed by atoms with Crippen molar-refractivity contribution in [2.24, 2.45) is 0 Å². The highest BCUT2D eigenvalue weighted by atomic mass is 32.2. The fourth-order valence-electron chi connectivity index (χ4n) is 1.41. The number of aryl methyl sites for hydroxylation is 1. The lowest BCUT2D eigenvalue weighted by Gasteiger charge is -2.10. The molecule has 0 spiro atoms. The minimum Gasteiger partial charge on any atom is -0.462 e. The number of ether oxygens (including phenoxy) is 1. The van der Waals surface area contributed by atoms with Crippen LogP contribution in [0.3, 0.4) is 0 Å². The Morgan fingerprint density at radius 1 is 1.42 bits per heavy atom. The number of nitrogens with one attached hydrogen (secondary N) is 1. The number of hydrogen-bond donors (Lipinski definition) is 1. The van der Waals surface area contributed by atoms with E-state index in [0.717, 1.165) is 10.5 Å². The van der Waals surface area contributed by atoms with E-state index in [-0.39, 0.29) is 11.9 Å². The second kappa shape index (κ2) is 6.99. The molecule has 0 aliphatic heterocycles. The highest BCUT2D eigenvalue weighted by Gasteiger charge is 2.10. The molecule has 0 unspecified atom stereocenters. The van der Waals surface area contributed by atoms with E-state index in [1.54, 1.807) is 19.1 Å². The summed E-state index contributed by atoms with van der Waals surface area (Å²) in [6, 6.07) is 5.30. The van der Waals surface area contributed by atoms with E-state index in [9.17, 15) is 9.59 Å². The third-order valence-corrected chi connectivity index (χ3v) is 3.26. The lowest BCUT2D eigenvalue weighted by Crippen LogP contribution is -2.16. The van der Waals surface area contributed by atoms with Gasteiger partial charge in [0.05, 0.1) is 17.2 Å². The molecule has 0 aromatic heterocycles. The maximum absolute atomic E-state index is 11.6. The first-order valence-electron chi connectivity index (χ1n) is 5.86. The Balaban J connectivity index is 2.88. The Hall–Kier alpha value is -1.75. The molecular formula is C14H17NO3S. The first-order valence-corrected chi connectivity index (χ1v) is 6.67. The van der Waals surface area contributed by atoms with Crippen molar-refractivity contribution in [3.8, 4) is 0 Å². The van der Waals surface area contributed by atoms with Crippen molar-refractivity contribution >= 4 is 23.6 Å². The molecule has 102 valence electrons. The lowest BCUT2D eigenvalue weighted by atomic mass is 10.1. The zero-order chi connectivity index (χ0) is 14.4. The van der Waals surface area contributed by atoms with Crippen molar-refractivity contribution in [2.75, 3.05) is 6.61 Å². The molecule has 4 nitrogen and oxygen atoms in total. The van der Waals surface area contributed by atoms with Crippen LogP contribution in [0.1, 0.15) is 29.8 Å². The monoisotopic (exact) mass is 279 g/mol. The molecule has 0 fully saturated rings. The topological polar surface area (TPSA) is 55.4 Å². The van der Waals surface area contributed by atoms with E-state index in [1.807, 2.05) is 13.0 Å². The van der Waals surface area contributed by atoms with Crippen molar-refractivity contribution in [3.05, 3.63) is 40.9 Å². The van der Waals surface area contributed by atoms with Crippen LogP contribution in [0, 0.1) is 6.92 Å². The number of hydrogen-bond acceptors (Lipinski definition) is 4. The number of benzene rings is 1. The SMILES string of the molecule is C=C(NC(C)=O)Sc1cc(C(=O)OCC)ccc1C. The molecule has 1 aromatic carbocycles. The summed E-state index contributed by atoms with van der Waals surface area (Å²) in [6.07, 6.45) is 0. The van der Waals surface area contributed by atoms with Crippen molar-refractivity contribution in [1.82, 2.24) is 5.32 Å². The number of amides is 1. The largest absolute Gasteiger partial charge is 0.462 e. The lowest BCUT2D eigenvalue weighted by molar-refractivity contribution is -0.118. The predicted octanol–water partition coefficient (Wildman–Crippen LogP) is 2.87. The first-order chi connectivity index (χ1) is 8.93. The predicted molar refractivity (Wildman–Crippen MR) is 75.9 cm³/mol. The summed E-state index contributed by atoms with van der Waals surface area (Å²) in [5, 5.41) is 3.13. The Morgan fingerprint density at radius 3 is 2.68 bits per heavy atom. The van der Waals surface area contributed by atoms with Crippen LogP contribution in [-0.4, -0.2) is 18.5 Å². The molecule has 0 bridgehead atoms. The van der Waals surface area contributed by atoms with Crippen LogP contribution in [0.15, 0.2) is 34.7 Å². The zero-order valence-electron chi connectivity index (χ0n) is 11.3. The van der Waals surface area contributed by atoms with Crippen LogP contribution in [0.25, 0.3) is 0 Å². The van der Waals surface area contributed by atoms with Gasteiger partial charge in [0.25, 0.3) is 0 Å². The number of carbonyl (C=O) groups is 2. The molecular weight excluding hydrogens is 262 g/mol. The van der Waals surface area contributed by atoms with Crippen LogP contribution < -0.4 is 5.32 Å². The second-order valence-corrected chi connectivity index (χ2v) is 5.04. The molecule has 0 saturated heterocycles. The van der Waals surface area contributed by atoms with Crippen molar-refractivity contribution < 1.29 is 14.3 Å². The summed E-state index contributed by atoms with van der Waals surface area (Å²) >= 11 is 1.31. The van der Waals surface area contributed by atoms with Gasteiger partial charge in [-0.2, -0.15) is 0 Å². The molecule has 0 atom stereocenters. The van der Waals surface area contributed by atoms with Gasteiger partial charge in [-0.15, -0.1) is 0 Å².